The molecule has 1 rings (SSSR count). The van der Waals surface area contributed by atoms with Gasteiger partial charge in [0.15, 0.2) is 5.78 Å². The van der Waals surface area contributed by atoms with E-state index in [1.807, 2.05) is 18.4 Å². The molecule has 98 valence electrons. The van der Waals surface area contributed by atoms with Crippen LogP contribution in [0.1, 0.15) is 22.8 Å². The topological polar surface area (TPSA) is 43.4 Å². The van der Waals surface area contributed by atoms with Crippen LogP contribution >= 0.6 is 23.4 Å². The van der Waals surface area contributed by atoms with Gasteiger partial charge in [0.1, 0.15) is 0 Å². The van der Waals surface area contributed by atoms with Gasteiger partial charge in [-0.1, -0.05) is 12.1 Å². The van der Waals surface area contributed by atoms with Crippen LogP contribution in [-0.4, -0.2) is 30.5 Å². The summed E-state index contributed by atoms with van der Waals surface area (Å²) in [7, 11) is 0. The van der Waals surface area contributed by atoms with Gasteiger partial charge in [0.25, 0.3) is 0 Å². The lowest BCUT2D eigenvalue weighted by molar-refractivity contribution is -0.116. The molecule has 0 unspecified atom stereocenters. The highest BCUT2D eigenvalue weighted by Crippen LogP contribution is 2.25. The highest BCUT2D eigenvalue weighted by Gasteiger charge is 2.18. The molecule has 0 aliphatic heterocycles. The van der Waals surface area contributed by atoms with E-state index in [0.717, 1.165) is 4.90 Å². The quantitative estimate of drug-likeness (QED) is 0.458. The number of carbonyl (C=O) groups excluding carboxylic acids is 2. The zero-order chi connectivity index (χ0) is 13.5. The molecule has 0 aliphatic carbocycles. The Labute approximate surface area is 116 Å². The van der Waals surface area contributed by atoms with Crippen molar-refractivity contribution in [3.8, 4) is 0 Å². The summed E-state index contributed by atoms with van der Waals surface area (Å²) in [6, 6.07) is 5.42. The van der Waals surface area contributed by atoms with Gasteiger partial charge in [-0.25, -0.2) is 4.79 Å². The van der Waals surface area contributed by atoms with E-state index in [2.05, 4.69) is 0 Å². The van der Waals surface area contributed by atoms with Gasteiger partial charge < -0.3 is 4.74 Å². The average Bonchev–Trinajstić information content (AvgIpc) is 2.38. The van der Waals surface area contributed by atoms with Crippen LogP contribution in [0.5, 0.6) is 0 Å². The smallest absolute Gasteiger partial charge is 0.339 e. The molecule has 1 aromatic rings. The second-order valence-electron chi connectivity index (χ2n) is 3.56. The Hall–Kier alpha value is -1.00. The van der Waals surface area contributed by atoms with Crippen molar-refractivity contribution in [3.63, 3.8) is 0 Å². The van der Waals surface area contributed by atoms with Gasteiger partial charge >= 0.3 is 5.97 Å². The summed E-state index contributed by atoms with van der Waals surface area (Å²) in [5.41, 5.74) is 1.15. The van der Waals surface area contributed by atoms with E-state index in [-0.39, 0.29) is 24.1 Å². The zero-order valence-corrected chi connectivity index (χ0v) is 11.9. The summed E-state index contributed by atoms with van der Waals surface area (Å²) in [6.07, 6.45) is 2.04. The van der Waals surface area contributed by atoms with Crippen molar-refractivity contribution < 1.29 is 14.3 Å². The third kappa shape index (κ3) is 3.75. The minimum atomic E-state index is -0.389. The predicted molar refractivity (Wildman–Crippen MR) is 73.6 cm³/mol. The number of carbonyl (C=O) groups is 2. The van der Waals surface area contributed by atoms with Gasteiger partial charge in [0.05, 0.1) is 18.1 Å². The predicted octanol–water partition coefficient (Wildman–Crippen LogP) is 2.94. The second-order valence-corrected chi connectivity index (χ2v) is 4.68. The molecule has 0 amide bonds. The maximum atomic E-state index is 11.9. The van der Waals surface area contributed by atoms with E-state index in [1.54, 1.807) is 13.0 Å². The molecular weight excluding hydrogens is 272 g/mol. The van der Waals surface area contributed by atoms with Crippen LogP contribution in [0.4, 0.5) is 0 Å². The monoisotopic (exact) mass is 286 g/mol. The molecule has 1 aromatic carbocycles. The van der Waals surface area contributed by atoms with Crippen LogP contribution in [0, 0.1) is 0 Å². The van der Waals surface area contributed by atoms with Crippen LogP contribution in [0.3, 0.4) is 0 Å². The Balaban J connectivity index is 3.15. The molecule has 18 heavy (non-hydrogen) atoms. The standard InChI is InChI=1S/C13H15ClO3S/c1-3-17-13(16)12-9(7-10(15)8-14)5-4-6-11(12)18-2/h4-6H,3,7-8H2,1-2H3. The number of hydrogen-bond acceptors (Lipinski definition) is 4. The summed E-state index contributed by atoms with van der Waals surface area (Å²) < 4.78 is 5.03. The first-order valence-electron chi connectivity index (χ1n) is 5.54. The molecular formula is C13H15ClO3S. The highest BCUT2D eigenvalue weighted by molar-refractivity contribution is 7.98. The lowest BCUT2D eigenvalue weighted by Gasteiger charge is -2.11. The maximum absolute atomic E-state index is 11.9. The normalized spacial score (nSPS) is 10.2. The fraction of sp³-hybridized carbons (Fsp3) is 0.385. The summed E-state index contributed by atoms with van der Waals surface area (Å²) in [6.45, 7) is 2.06. The molecule has 0 aromatic heterocycles. The molecule has 0 spiro atoms. The minimum Gasteiger partial charge on any atom is -0.462 e. The largest absolute Gasteiger partial charge is 0.462 e. The first-order valence-corrected chi connectivity index (χ1v) is 7.30. The summed E-state index contributed by atoms with van der Waals surface area (Å²) in [4.78, 5) is 24.2. The Morgan fingerprint density at radius 1 is 1.39 bits per heavy atom. The van der Waals surface area contributed by atoms with Crippen molar-refractivity contribution >= 4 is 35.1 Å². The molecule has 0 saturated carbocycles. The van der Waals surface area contributed by atoms with E-state index in [0.29, 0.717) is 17.7 Å². The van der Waals surface area contributed by atoms with Gasteiger partial charge in [0.2, 0.25) is 0 Å². The number of esters is 1. The number of rotatable bonds is 6. The Bertz CT molecular complexity index is 446. The molecule has 3 nitrogen and oxygen atoms in total. The Morgan fingerprint density at radius 2 is 2.11 bits per heavy atom. The first kappa shape index (κ1) is 15.1. The lowest BCUT2D eigenvalue weighted by atomic mass is 10.0. The van der Waals surface area contributed by atoms with Crippen LogP contribution in [0.25, 0.3) is 0 Å². The van der Waals surface area contributed by atoms with Crippen LogP contribution in [0.2, 0.25) is 0 Å². The van der Waals surface area contributed by atoms with Crippen molar-refractivity contribution in [3.05, 3.63) is 29.3 Å². The number of ketones is 1. The van der Waals surface area contributed by atoms with Gasteiger partial charge in [-0.3, -0.25) is 4.79 Å². The Morgan fingerprint density at radius 3 is 2.67 bits per heavy atom. The molecule has 0 N–H and O–H groups in total. The lowest BCUT2D eigenvalue weighted by Crippen LogP contribution is -2.13. The summed E-state index contributed by atoms with van der Waals surface area (Å²) in [5.74, 6) is -0.550. The van der Waals surface area contributed by atoms with Crippen molar-refractivity contribution in [2.24, 2.45) is 0 Å². The second kappa shape index (κ2) is 7.44. The van der Waals surface area contributed by atoms with Crippen molar-refractivity contribution in [1.29, 1.82) is 0 Å². The first-order chi connectivity index (χ1) is 8.63. The maximum Gasteiger partial charge on any atom is 0.339 e. The number of Topliss-reactive ketones (excluding diaryl/α,β-unsaturated/α-hetero) is 1. The van der Waals surface area contributed by atoms with Gasteiger partial charge in [-0.05, 0) is 24.8 Å². The number of benzene rings is 1. The van der Waals surface area contributed by atoms with E-state index in [4.69, 9.17) is 16.3 Å². The van der Waals surface area contributed by atoms with Crippen molar-refractivity contribution in [2.45, 2.75) is 18.2 Å². The van der Waals surface area contributed by atoms with Crippen molar-refractivity contribution in [1.82, 2.24) is 0 Å². The SMILES string of the molecule is CCOC(=O)c1c(CC(=O)CCl)cccc1SC. The van der Waals surface area contributed by atoms with E-state index in [1.165, 1.54) is 11.8 Å². The van der Waals surface area contributed by atoms with Gasteiger partial charge in [0, 0.05) is 11.3 Å². The van der Waals surface area contributed by atoms with Crippen LogP contribution in [-0.2, 0) is 16.0 Å². The third-order valence-electron chi connectivity index (χ3n) is 2.35. The number of thioether (sulfide) groups is 1. The molecule has 0 atom stereocenters. The molecule has 0 saturated heterocycles. The van der Waals surface area contributed by atoms with Gasteiger partial charge in [-0.15, -0.1) is 23.4 Å². The average molecular weight is 287 g/mol. The molecule has 0 aliphatic rings. The number of halogens is 1. The number of alkyl halides is 1. The van der Waals surface area contributed by atoms with Crippen molar-refractivity contribution in [2.75, 3.05) is 18.7 Å². The minimum absolute atomic E-state index is 0.0498. The third-order valence-corrected chi connectivity index (χ3v) is 3.43. The van der Waals surface area contributed by atoms with Gasteiger partial charge in [-0.2, -0.15) is 0 Å². The molecule has 0 radical (unpaired) electrons. The van der Waals surface area contributed by atoms with Crippen LogP contribution in [0.15, 0.2) is 23.1 Å². The summed E-state index contributed by atoms with van der Waals surface area (Å²) >= 11 is 6.95. The number of hydrogen-bond donors (Lipinski definition) is 0. The molecule has 0 bridgehead atoms. The fourth-order valence-electron chi connectivity index (χ4n) is 1.59. The fourth-order valence-corrected chi connectivity index (χ4v) is 2.32. The number of ether oxygens (including phenoxy) is 1. The highest BCUT2D eigenvalue weighted by atomic mass is 35.5. The Kier molecular flexibility index (Phi) is 6.22. The molecule has 0 fully saturated rings. The van der Waals surface area contributed by atoms with E-state index in [9.17, 15) is 9.59 Å². The zero-order valence-electron chi connectivity index (χ0n) is 10.4. The molecule has 5 heteroatoms. The van der Waals surface area contributed by atoms with E-state index >= 15 is 0 Å². The van der Waals surface area contributed by atoms with E-state index < -0.39 is 0 Å². The van der Waals surface area contributed by atoms with Crippen LogP contribution < -0.4 is 0 Å². The summed E-state index contributed by atoms with van der Waals surface area (Å²) in [5, 5.41) is 0. The molecule has 0 heterocycles.